The number of phosphoric ester groups is 1. The SMILES string of the molecule is O=P(O)(O)OC[C@H]1O[C@@H](n2cnc3c(NCc4ccccc4)ncnc32)C[C@@H]1O. The molecule has 11 nitrogen and oxygen atoms in total. The van der Waals surface area contributed by atoms with E-state index in [0.29, 0.717) is 23.5 Å². The van der Waals surface area contributed by atoms with Gasteiger partial charge in [-0.25, -0.2) is 19.5 Å². The highest BCUT2D eigenvalue weighted by Crippen LogP contribution is 2.38. The molecule has 4 rings (SSSR count). The molecule has 1 aliphatic rings. The number of nitrogens with one attached hydrogen (secondary N) is 1. The van der Waals surface area contributed by atoms with Crippen LogP contribution >= 0.6 is 7.82 Å². The van der Waals surface area contributed by atoms with E-state index in [1.165, 1.54) is 12.7 Å². The molecule has 3 aromatic rings. The van der Waals surface area contributed by atoms with Gasteiger partial charge in [0.1, 0.15) is 18.7 Å². The first kappa shape index (κ1) is 19.9. The minimum atomic E-state index is -4.64. The first-order valence-corrected chi connectivity index (χ1v) is 10.4. The summed E-state index contributed by atoms with van der Waals surface area (Å²) in [4.78, 5) is 30.6. The lowest BCUT2D eigenvalue weighted by Gasteiger charge is -2.16. The highest BCUT2D eigenvalue weighted by atomic mass is 31.2. The molecule has 1 fully saturated rings. The lowest BCUT2D eigenvalue weighted by atomic mass is 10.2. The number of nitrogens with zero attached hydrogens (tertiary/aromatic N) is 4. The predicted octanol–water partition coefficient (Wildman–Crippen LogP) is 1.20. The van der Waals surface area contributed by atoms with Gasteiger partial charge in [-0.1, -0.05) is 30.3 Å². The summed E-state index contributed by atoms with van der Waals surface area (Å²) >= 11 is 0. The molecule has 2 aromatic heterocycles. The van der Waals surface area contributed by atoms with Crippen molar-refractivity contribution in [3.05, 3.63) is 48.5 Å². The number of ether oxygens (including phenoxy) is 1. The summed E-state index contributed by atoms with van der Waals surface area (Å²) in [6, 6.07) is 9.85. The van der Waals surface area contributed by atoms with E-state index in [1.807, 2.05) is 30.3 Å². The molecule has 3 atom stereocenters. The van der Waals surface area contributed by atoms with Crippen LogP contribution < -0.4 is 5.32 Å². The van der Waals surface area contributed by atoms with Crippen molar-refractivity contribution in [2.24, 2.45) is 0 Å². The molecule has 1 saturated heterocycles. The molecule has 0 unspecified atom stereocenters. The van der Waals surface area contributed by atoms with Gasteiger partial charge in [-0.15, -0.1) is 0 Å². The van der Waals surface area contributed by atoms with Crippen LogP contribution in [0.5, 0.6) is 0 Å². The molecule has 12 heteroatoms. The zero-order valence-electron chi connectivity index (χ0n) is 15.2. The summed E-state index contributed by atoms with van der Waals surface area (Å²) < 4.78 is 22.7. The van der Waals surface area contributed by atoms with Crippen LogP contribution in [0, 0.1) is 0 Å². The predicted molar refractivity (Wildman–Crippen MR) is 102 cm³/mol. The average molecular weight is 421 g/mol. The van der Waals surface area contributed by atoms with E-state index >= 15 is 0 Å². The van der Waals surface area contributed by atoms with E-state index < -0.39 is 32.9 Å². The number of phosphoric acid groups is 1. The Labute approximate surface area is 165 Å². The lowest BCUT2D eigenvalue weighted by Crippen LogP contribution is -2.25. The van der Waals surface area contributed by atoms with Gasteiger partial charge in [0.05, 0.1) is 19.0 Å². The van der Waals surface area contributed by atoms with Crippen LogP contribution in [0.2, 0.25) is 0 Å². The molecule has 0 spiro atoms. The fraction of sp³-hybridized carbons (Fsp3) is 0.353. The van der Waals surface area contributed by atoms with E-state index in [1.54, 1.807) is 4.57 Å². The summed E-state index contributed by atoms with van der Waals surface area (Å²) in [7, 11) is -4.64. The minimum absolute atomic E-state index is 0.206. The maximum absolute atomic E-state index is 10.9. The largest absolute Gasteiger partial charge is 0.469 e. The number of benzene rings is 1. The van der Waals surface area contributed by atoms with Gasteiger partial charge in [0.2, 0.25) is 0 Å². The first-order valence-electron chi connectivity index (χ1n) is 8.89. The van der Waals surface area contributed by atoms with Gasteiger partial charge in [-0.3, -0.25) is 9.09 Å². The molecule has 0 aliphatic carbocycles. The fourth-order valence-corrected chi connectivity index (χ4v) is 3.52. The molecule has 1 aromatic carbocycles. The quantitative estimate of drug-likeness (QED) is 0.409. The van der Waals surface area contributed by atoms with Crippen molar-refractivity contribution >= 4 is 24.8 Å². The van der Waals surface area contributed by atoms with Gasteiger partial charge in [0, 0.05) is 13.0 Å². The monoisotopic (exact) mass is 421 g/mol. The normalized spacial score (nSPS) is 22.2. The number of hydrogen-bond acceptors (Lipinski definition) is 8. The zero-order valence-corrected chi connectivity index (χ0v) is 16.1. The third-order valence-corrected chi connectivity index (χ3v) is 5.07. The van der Waals surface area contributed by atoms with Crippen molar-refractivity contribution < 1.29 is 28.7 Å². The molecular formula is C17H20N5O6P. The molecule has 0 bridgehead atoms. The molecular weight excluding hydrogens is 401 g/mol. The van der Waals surface area contributed by atoms with E-state index in [0.717, 1.165) is 5.56 Å². The van der Waals surface area contributed by atoms with Crippen LogP contribution in [0.25, 0.3) is 11.2 Å². The number of aliphatic hydroxyl groups is 1. The Balaban J connectivity index is 1.50. The molecule has 0 amide bonds. The Morgan fingerprint density at radius 1 is 1.24 bits per heavy atom. The van der Waals surface area contributed by atoms with Crippen LogP contribution in [-0.2, 0) is 20.4 Å². The molecule has 3 heterocycles. The van der Waals surface area contributed by atoms with E-state index in [2.05, 4.69) is 24.8 Å². The number of imidazole rings is 1. The molecule has 1 aliphatic heterocycles. The van der Waals surface area contributed by atoms with Crippen molar-refractivity contribution in [2.45, 2.75) is 31.4 Å². The van der Waals surface area contributed by atoms with Gasteiger partial charge >= 0.3 is 7.82 Å². The Morgan fingerprint density at radius 2 is 2.03 bits per heavy atom. The lowest BCUT2D eigenvalue weighted by molar-refractivity contribution is -0.0424. The van der Waals surface area contributed by atoms with E-state index in [-0.39, 0.29) is 6.42 Å². The Bertz CT molecular complexity index is 1030. The number of rotatable bonds is 7. The van der Waals surface area contributed by atoms with Crippen LogP contribution in [-0.4, -0.2) is 53.2 Å². The van der Waals surface area contributed by atoms with Crippen LogP contribution in [0.1, 0.15) is 18.2 Å². The van der Waals surface area contributed by atoms with E-state index in [9.17, 15) is 9.67 Å². The number of aliphatic hydroxyl groups excluding tert-OH is 1. The molecule has 0 saturated carbocycles. The van der Waals surface area contributed by atoms with Gasteiger partial charge in [0.15, 0.2) is 17.0 Å². The second kappa shape index (κ2) is 8.15. The summed E-state index contributed by atoms with van der Waals surface area (Å²) in [6.45, 7) is 0.147. The maximum Gasteiger partial charge on any atom is 0.469 e. The van der Waals surface area contributed by atoms with Crippen molar-refractivity contribution in [2.75, 3.05) is 11.9 Å². The van der Waals surface area contributed by atoms with Crippen molar-refractivity contribution in [1.29, 1.82) is 0 Å². The second-order valence-corrected chi connectivity index (χ2v) is 7.84. The molecule has 29 heavy (non-hydrogen) atoms. The number of fused-ring (bicyclic) bond motifs is 1. The Morgan fingerprint density at radius 3 is 2.79 bits per heavy atom. The molecule has 4 N–H and O–H groups in total. The van der Waals surface area contributed by atoms with Crippen molar-refractivity contribution in [1.82, 2.24) is 19.5 Å². The van der Waals surface area contributed by atoms with Gasteiger partial charge in [-0.05, 0) is 5.56 Å². The third kappa shape index (κ3) is 4.61. The van der Waals surface area contributed by atoms with Gasteiger partial charge in [0.25, 0.3) is 0 Å². The van der Waals surface area contributed by atoms with Crippen LogP contribution in [0.4, 0.5) is 5.82 Å². The third-order valence-electron chi connectivity index (χ3n) is 4.58. The molecule has 154 valence electrons. The van der Waals surface area contributed by atoms with Crippen LogP contribution in [0.15, 0.2) is 43.0 Å². The Kier molecular flexibility index (Phi) is 5.59. The van der Waals surface area contributed by atoms with Crippen molar-refractivity contribution in [3.8, 4) is 0 Å². The summed E-state index contributed by atoms with van der Waals surface area (Å²) in [5, 5.41) is 13.4. The summed E-state index contributed by atoms with van der Waals surface area (Å²) in [5.41, 5.74) is 2.16. The standard InChI is InChI=1S/C17H20N5O6P/c23-12-6-14(28-13(12)8-27-29(24,25)26)22-10-21-15-16(19-9-20-17(15)22)18-7-11-4-2-1-3-5-11/h1-5,9-10,12-14,23H,6-8H2,(H,18,19,20)(H2,24,25,26)/t12-,13+,14+/m0/s1. The fourth-order valence-electron chi connectivity index (χ4n) is 3.18. The van der Waals surface area contributed by atoms with Crippen molar-refractivity contribution in [3.63, 3.8) is 0 Å². The topological polar surface area (TPSA) is 152 Å². The zero-order chi connectivity index (χ0) is 20.4. The second-order valence-electron chi connectivity index (χ2n) is 6.60. The number of hydrogen-bond donors (Lipinski definition) is 4. The van der Waals surface area contributed by atoms with Gasteiger partial charge in [-0.2, -0.15) is 0 Å². The summed E-state index contributed by atoms with van der Waals surface area (Å²) in [5.74, 6) is 0.567. The maximum atomic E-state index is 10.9. The number of anilines is 1. The number of aromatic nitrogens is 4. The highest BCUT2D eigenvalue weighted by Gasteiger charge is 2.37. The van der Waals surface area contributed by atoms with Crippen LogP contribution in [0.3, 0.4) is 0 Å². The Hall–Kier alpha value is -2.40. The average Bonchev–Trinajstić information content (AvgIpc) is 3.28. The minimum Gasteiger partial charge on any atom is -0.390 e. The van der Waals surface area contributed by atoms with E-state index in [4.69, 9.17) is 14.5 Å². The smallest absolute Gasteiger partial charge is 0.390 e. The highest BCUT2D eigenvalue weighted by molar-refractivity contribution is 7.46. The first-order chi connectivity index (χ1) is 13.9. The summed E-state index contributed by atoms with van der Waals surface area (Å²) in [6.07, 6.45) is 0.739. The molecule has 0 radical (unpaired) electrons. The van der Waals surface area contributed by atoms with Gasteiger partial charge < -0.3 is 24.9 Å².